The zero-order valence-corrected chi connectivity index (χ0v) is 32.9. The molecule has 0 fully saturated rings. The summed E-state index contributed by atoms with van der Waals surface area (Å²) >= 11 is 5.17. The lowest BCUT2D eigenvalue weighted by Gasteiger charge is -2.14. The molecular weight excluding hydrogens is 647 g/mol. The summed E-state index contributed by atoms with van der Waals surface area (Å²) in [4.78, 5) is 33.9. The van der Waals surface area contributed by atoms with Crippen LogP contribution in [0.2, 0.25) is 0 Å². The standard InChI is InChI=1S/C42H63NO2S3/c1-4-7-10-13-16-17-18-19-22-25-28-43-41(44)37-38(42(43)45)40(36-30-34(32-47-36)27-24-21-15-12-9-6-3)48-39(37)35-29-33(31-46-35)26-23-20-14-11-8-5-2/h29-32H,4-28H2,1-3H3. The van der Waals surface area contributed by atoms with E-state index in [9.17, 15) is 9.59 Å². The van der Waals surface area contributed by atoms with E-state index in [1.165, 1.54) is 140 Å². The number of fused-ring (bicyclic) bond motifs is 1. The number of aryl methyl sites for hydroxylation is 2. The van der Waals surface area contributed by atoms with Crippen LogP contribution in [-0.2, 0) is 12.8 Å². The number of rotatable bonds is 27. The van der Waals surface area contributed by atoms with Gasteiger partial charge in [0.25, 0.3) is 11.8 Å². The lowest BCUT2D eigenvalue weighted by Crippen LogP contribution is -2.31. The monoisotopic (exact) mass is 709 g/mol. The Morgan fingerprint density at radius 3 is 1.23 bits per heavy atom. The smallest absolute Gasteiger partial charge is 0.263 e. The Balaban J connectivity index is 1.43. The molecule has 6 heteroatoms. The largest absolute Gasteiger partial charge is 0.274 e. The number of hydrogen-bond acceptors (Lipinski definition) is 5. The van der Waals surface area contributed by atoms with E-state index in [1.54, 1.807) is 38.9 Å². The number of unbranched alkanes of at least 4 members (excludes halogenated alkanes) is 19. The van der Waals surface area contributed by atoms with E-state index < -0.39 is 0 Å². The maximum atomic E-state index is 14.0. The average molecular weight is 710 g/mol. The number of imide groups is 1. The number of amides is 2. The Hall–Kier alpha value is -1.76. The van der Waals surface area contributed by atoms with Gasteiger partial charge < -0.3 is 0 Å². The molecule has 3 aromatic rings. The van der Waals surface area contributed by atoms with Crippen molar-refractivity contribution in [3.8, 4) is 19.5 Å². The molecule has 0 N–H and O–H groups in total. The molecule has 1 aliphatic heterocycles. The summed E-state index contributed by atoms with van der Waals surface area (Å²) in [7, 11) is 0. The molecule has 0 saturated carbocycles. The summed E-state index contributed by atoms with van der Waals surface area (Å²) in [5.41, 5.74) is 4.08. The van der Waals surface area contributed by atoms with E-state index >= 15 is 0 Å². The molecule has 0 bridgehead atoms. The van der Waals surface area contributed by atoms with Gasteiger partial charge in [-0.15, -0.1) is 34.0 Å². The minimum absolute atomic E-state index is 0.0712. The Kier molecular flexibility index (Phi) is 18.0. The van der Waals surface area contributed by atoms with Gasteiger partial charge in [-0.1, -0.05) is 143 Å². The predicted molar refractivity (Wildman–Crippen MR) is 212 cm³/mol. The number of thiophene rings is 3. The van der Waals surface area contributed by atoms with Crippen LogP contribution >= 0.6 is 34.0 Å². The van der Waals surface area contributed by atoms with E-state index in [0.717, 1.165) is 45.2 Å². The number of nitrogens with zero attached hydrogens (tertiary/aromatic N) is 1. The first-order valence-corrected chi connectivity index (χ1v) is 22.3. The second-order valence-electron chi connectivity index (χ2n) is 14.1. The molecule has 3 nitrogen and oxygen atoms in total. The fourth-order valence-corrected chi connectivity index (χ4v) is 10.4. The molecule has 4 heterocycles. The topological polar surface area (TPSA) is 37.4 Å². The molecule has 0 unspecified atom stereocenters. The molecule has 0 atom stereocenters. The fourth-order valence-electron chi connectivity index (χ4n) is 6.98. The maximum Gasteiger partial charge on any atom is 0.263 e. The van der Waals surface area contributed by atoms with E-state index in [-0.39, 0.29) is 11.8 Å². The van der Waals surface area contributed by atoms with Crippen molar-refractivity contribution in [2.75, 3.05) is 6.54 Å². The lowest BCUT2D eigenvalue weighted by atomic mass is 10.1. The van der Waals surface area contributed by atoms with E-state index in [1.807, 2.05) is 0 Å². The van der Waals surface area contributed by atoms with Crippen molar-refractivity contribution in [1.29, 1.82) is 0 Å². The van der Waals surface area contributed by atoms with Gasteiger partial charge in [0.15, 0.2) is 0 Å². The molecule has 1 aliphatic rings. The summed E-state index contributed by atoms with van der Waals surface area (Å²) in [5.74, 6) is -0.142. The first kappa shape index (κ1) is 39.0. The van der Waals surface area contributed by atoms with Crippen molar-refractivity contribution in [2.24, 2.45) is 0 Å². The van der Waals surface area contributed by atoms with Crippen LogP contribution in [0.3, 0.4) is 0 Å². The zero-order valence-electron chi connectivity index (χ0n) is 30.5. The van der Waals surface area contributed by atoms with Crippen LogP contribution in [0.1, 0.15) is 194 Å². The Morgan fingerprint density at radius 2 is 0.833 bits per heavy atom. The molecule has 0 saturated heterocycles. The molecular formula is C42H63NO2S3. The second-order valence-corrected chi connectivity index (χ2v) is 17.0. The highest BCUT2D eigenvalue weighted by Gasteiger charge is 2.42. The van der Waals surface area contributed by atoms with Crippen LogP contribution in [0.15, 0.2) is 22.9 Å². The van der Waals surface area contributed by atoms with Gasteiger partial charge in [-0.3, -0.25) is 14.5 Å². The maximum absolute atomic E-state index is 14.0. The average Bonchev–Trinajstić information content (AvgIpc) is 3.88. The molecule has 0 spiro atoms. The van der Waals surface area contributed by atoms with Gasteiger partial charge in [0.05, 0.1) is 20.9 Å². The minimum Gasteiger partial charge on any atom is -0.274 e. The summed E-state index contributed by atoms with van der Waals surface area (Å²) in [6.45, 7) is 7.34. The van der Waals surface area contributed by atoms with Gasteiger partial charge in [0.1, 0.15) is 0 Å². The van der Waals surface area contributed by atoms with Gasteiger partial charge in [0, 0.05) is 16.3 Å². The van der Waals surface area contributed by atoms with E-state index in [2.05, 4.69) is 43.7 Å². The van der Waals surface area contributed by atoms with Crippen LogP contribution < -0.4 is 0 Å². The van der Waals surface area contributed by atoms with Gasteiger partial charge in [-0.2, -0.15) is 0 Å². The van der Waals surface area contributed by atoms with Crippen molar-refractivity contribution in [2.45, 2.75) is 175 Å². The SMILES string of the molecule is CCCCCCCCCCCCN1C(=O)c2c(-c3cc(CCCCCCCC)cs3)sc(-c3cc(CCCCCCCC)cs3)c2C1=O. The van der Waals surface area contributed by atoms with Crippen LogP contribution in [0.5, 0.6) is 0 Å². The Morgan fingerprint density at radius 1 is 0.479 bits per heavy atom. The first-order valence-electron chi connectivity index (χ1n) is 19.8. The molecule has 266 valence electrons. The molecule has 3 aromatic heterocycles. The minimum atomic E-state index is -0.0712. The van der Waals surface area contributed by atoms with Gasteiger partial charge in [-0.05, 0) is 66.1 Å². The number of carbonyl (C=O) groups is 2. The van der Waals surface area contributed by atoms with Crippen molar-refractivity contribution < 1.29 is 9.59 Å². The van der Waals surface area contributed by atoms with Crippen molar-refractivity contribution in [3.63, 3.8) is 0 Å². The van der Waals surface area contributed by atoms with Gasteiger partial charge in [-0.25, -0.2) is 0 Å². The van der Waals surface area contributed by atoms with Crippen molar-refractivity contribution >= 4 is 45.8 Å². The summed E-state index contributed by atoms with van der Waals surface area (Å²) < 4.78 is 0. The van der Waals surface area contributed by atoms with Gasteiger partial charge in [0.2, 0.25) is 0 Å². The van der Waals surface area contributed by atoms with Crippen LogP contribution in [0, 0.1) is 0 Å². The quantitative estimate of drug-likeness (QED) is 0.0584. The molecule has 4 rings (SSSR count). The van der Waals surface area contributed by atoms with Crippen molar-refractivity contribution in [3.05, 3.63) is 45.1 Å². The molecule has 0 radical (unpaired) electrons. The van der Waals surface area contributed by atoms with E-state index in [4.69, 9.17) is 0 Å². The molecule has 2 amide bonds. The third kappa shape index (κ3) is 11.7. The van der Waals surface area contributed by atoms with Crippen molar-refractivity contribution in [1.82, 2.24) is 4.90 Å². The lowest BCUT2D eigenvalue weighted by molar-refractivity contribution is 0.0652. The van der Waals surface area contributed by atoms with Crippen LogP contribution in [-0.4, -0.2) is 23.3 Å². The normalized spacial score (nSPS) is 12.9. The summed E-state index contributed by atoms with van der Waals surface area (Å²) in [5, 5.41) is 4.56. The summed E-state index contributed by atoms with van der Waals surface area (Å²) in [6.07, 6.45) is 30.2. The van der Waals surface area contributed by atoms with Crippen LogP contribution in [0.4, 0.5) is 0 Å². The molecule has 48 heavy (non-hydrogen) atoms. The molecule has 0 aliphatic carbocycles. The highest BCUT2D eigenvalue weighted by Crippen LogP contribution is 2.49. The molecule has 0 aromatic carbocycles. The third-order valence-electron chi connectivity index (χ3n) is 9.95. The number of carbonyl (C=O) groups excluding carboxylic acids is 2. The van der Waals surface area contributed by atoms with Gasteiger partial charge >= 0.3 is 0 Å². The third-order valence-corrected chi connectivity index (χ3v) is 13.5. The summed E-state index contributed by atoms with van der Waals surface area (Å²) in [6, 6.07) is 4.60. The first-order chi connectivity index (χ1) is 23.6. The predicted octanol–water partition coefficient (Wildman–Crippen LogP) is 14.5. The second kappa shape index (κ2) is 22.1. The fraction of sp³-hybridized carbons (Fsp3) is 0.667. The van der Waals surface area contributed by atoms with Crippen LogP contribution in [0.25, 0.3) is 19.5 Å². The zero-order chi connectivity index (χ0) is 34.0. The highest BCUT2D eigenvalue weighted by atomic mass is 32.1. The Bertz CT molecular complexity index is 1280. The number of hydrogen-bond donors (Lipinski definition) is 0. The highest BCUT2D eigenvalue weighted by molar-refractivity contribution is 7.26. The van der Waals surface area contributed by atoms with E-state index in [0.29, 0.717) is 17.7 Å². The Labute approximate surface area is 304 Å².